The second-order valence-electron chi connectivity index (χ2n) is 14.7. The average molecular weight is 702 g/mol. The lowest BCUT2D eigenvalue weighted by Gasteiger charge is -2.50. The molecule has 6 heterocycles. The Morgan fingerprint density at radius 1 is 1.04 bits per heavy atom. The predicted molar refractivity (Wildman–Crippen MR) is 197 cm³/mol. The number of nitrogens with zero attached hydrogens (tertiary/aromatic N) is 6. The molecule has 6 aromatic rings. The minimum Gasteiger partial charge on any atom is -0.374 e. The van der Waals surface area contributed by atoms with Crippen molar-refractivity contribution >= 4 is 61.2 Å². The Hall–Kier alpha value is -5.07. The standard InChI is InChI=1S/C40H43N7O5/c1-5-6-19-45-22-23(42-43-45)15-16-24(48)17-18-31(49)44(3)30-20-32-46-28-13-9-7-11-25(28)34-35-27(21-41-39(35)50)33-26-12-8-10-14-29(26)47(37(33)36(34)46)40(2,52-32)38(30)51-4/h7-14,22,30,32,38H,5-6,15-21H2,1-4H3,(H,41,50)/t30-,32-,38-,40+/m1/s1. The van der Waals surface area contributed by atoms with Crippen molar-refractivity contribution in [2.24, 2.45) is 0 Å². The number of rotatable bonds is 11. The zero-order valence-electron chi connectivity index (χ0n) is 30.0. The molecule has 4 atom stereocenters. The summed E-state index contributed by atoms with van der Waals surface area (Å²) in [5.74, 6) is -0.163. The number of nitrogens with one attached hydrogen (secondary N) is 1. The van der Waals surface area contributed by atoms with Crippen LogP contribution >= 0.6 is 0 Å². The van der Waals surface area contributed by atoms with Gasteiger partial charge in [0.25, 0.3) is 5.91 Å². The molecule has 0 aliphatic carbocycles. The summed E-state index contributed by atoms with van der Waals surface area (Å²) in [4.78, 5) is 42.4. The lowest BCUT2D eigenvalue weighted by molar-refractivity contribution is -0.266. The van der Waals surface area contributed by atoms with Crippen LogP contribution < -0.4 is 5.32 Å². The number of hydrogen-bond donors (Lipinski definition) is 1. The van der Waals surface area contributed by atoms with E-state index in [1.165, 1.54) is 0 Å². The number of ether oxygens (including phenoxy) is 2. The number of carbonyl (C=O) groups is 3. The van der Waals surface area contributed by atoms with Crippen LogP contribution in [0.4, 0.5) is 0 Å². The van der Waals surface area contributed by atoms with Crippen molar-refractivity contribution in [2.45, 2.75) is 96.0 Å². The zero-order chi connectivity index (χ0) is 35.9. The molecule has 1 saturated heterocycles. The van der Waals surface area contributed by atoms with Crippen LogP contribution in [0.15, 0.2) is 54.7 Å². The van der Waals surface area contributed by atoms with Gasteiger partial charge < -0.3 is 28.8 Å². The predicted octanol–water partition coefficient (Wildman–Crippen LogP) is 5.97. The van der Waals surface area contributed by atoms with E-state index in [2.05, 4.69) is 62.9 Å². The molecule has 2 amide bonds. The molecule has 0 unspecified atom stereocenters. The first-order chi connectivity index (χ1) is 25.2. The van der Waals surface area contributed by atoms with Gasteiger partial charge in [-0.2, -0.15) is 0 Å². The maximum Gasteiger partial charge on any atom is 0.252 e. The molecule has 12 nitrogen and oxygen atoms in total. The number of methoxy groups -OCH3 is 1. The number of para-hydroxylation sites is 2. The lowest BCUT2D eigenvalue weighted by Crippen LogP contribution is -2.61. The number of benzene rings is 3. The summed E-state index contributed by atoms with van der Waals surface area (Å²) in [5.41, 5.74) is 5.36. The van der Waals surface area contributed by atoms with Crippen molar-refractivity contribution in [1.82, 2.24) is 34.3 Å². The number of unbranched alkanes of at least 4 members (excludes halogenated alkanes) is 1. The first kappa shape index (κ1) is 32.8. The highest BCUT2D eigenvalue weighted by Gasteiger charge is 2.55. The molecule has 3 aromatic carbocycles. The zero-order valence-corrected chi connectivity index (χ0v) is 30.0. The molecular formula is C40H43N7O5. The van der Waals surface area contributed by atoms with E-state index < -0.39 is 18.1 Å². The van der Waals surface area contributed by atoms with E-state index >= 15 is 0 Å². The third-order valence-electron chi connectivity index (χ3n) is 11.7. The summed E-state index contributed by atoms with van der Waals surface area (Å²) in [6.07, 6.45) is 4.51. The summed E-state index contributed by atoms with van der Waals surface area (Å²) in [6.45, 7) is 5.45. The van der Waals surface area contributed by atoms with Gasteiger partial charge >= 0.3 is 0 Å². The Kier molecular flexibility index (Phi) is 7.74. The summed E-state index contributed by atoms with van der Waals surface area (Å²) in [6, 6.07) is 16.1. The third kappa shape index (κ3) is 4.69. The van der Waals surface area contributed by atoms with Crippen molar-refractivity contribution in [3.63, 3.8) is 0 Å². The Labute approximate surface area is 300 Å². The van der Waals surface area contributed by atoms with Crippen LogP contribution in [0.5, 0.6) is 0 Å². The molecular weight excluding hydrogens is 658 g/mol. The number of aryl methyl sites for hydroxylation is 2. The van der Waals surface area contributed by atoms with Crippen LogP contribution in [0.25, 0.3) is 43.6 Å². The highest BCUT2D eigenvalue weighted by molar-refractivity contribution is 6.31. The third-order valence-corrected chi connectivity index (χ3v) is 11.7. The molecule has 52 heavy (non-hydrogen) atoms. The molecule has 1 N–H and O–H groups in total. The van der Waals surface area contributed by atoms with Crippen molar-refractivity contribution in [2.75, 3.05) is 14.2 Å². The van der Waals surface area contributed by atoms with Gasteiger partial charge in [-0.1, -0.05) is 55.0 Å². The fourth-order valence-electron chi connectivity index (χ4n) is 9.27. The van der Waals surface area contributed by atoms with Crippen LogP contribution in [0.2, 0.25) is 0 Å². The van der Waals surface area contributed by atoms with Crippen LogP contribution in [-0.2, 0) is 44.3 Å². The Morgan fingerprint density at radius 3 is 2.56 bits per heavy atom. The summed E-state index contributed by atoms with van der Waals surface area (Å²) >= 11 is 0. The molecule has 3 aliphatic heterocycles. The van der Waals surface area contributed by atoms with Crippen LogP contribution in [0.3, 0.4) is 0 Å². The summed E-state index contributed by atoms with van der Waals surface area (Å²) in [7, 11) is 3.49. The highest BCUT2D eigenvalue weighted by Crippen LogP contribution is 2.54. The minimum absolute atomic E-state index is 0.0238. The minimum atomic E-state index is -1.04. The van der Waals surface area contributed by atoms with Gasteiger partial charge in [-0.05, 0) is 37.5 Å². The van der Waals surface area contributed by atoms with Gasteiger partial charge in [0.15, 0.2) is 5.72 Å². The van der Waals surface area contributed by atoms with Gasteiger partial charge in [0.2, 0.25) is 5.91 Å². The fraction of sp³-hybridized carbons (Fsp3) is 0.425. The van der Waals surface area contributed by atoms with Gasteiger partial charge in [0.05, 0.1) is 39.4 Å². The normalized spacial score (nSPS) is 22.1. The first-order valence-electron chi connectivity index (χ1n) is 18.4. The summed E-state index contributed by atoms with van der Waals surface area (Å²) < 4.78 is 20.0. The van der Waals surface area contributed by atoms with Crippen molar-refractivity contribution in [3.8, 4) is 0 Å². The number of fused-ring (bicyclic) bond motifs is 13. The number of hydrogen-bond acceptors (Lipinski definition) is 7. The molecule has 268 valence electrons. The van der Waals surface area contributed by atoms with Gasteiger partial charge in [0, 0.05) is 80.7 Å². The quantitative estimate of drug-likeness (QED) is 0.177. The highest BCUT2D eigenvalue weighted by atomic mass is 16.6. The molecule has 12 heteroatoms. The van der Waals surface area contributed by atoms with Gasteiger partial charge in [-0.15, -0.1) is 5.10 Å². The van der Waals surface area contributed by atoms with Crippen molar-refractivity contribution in [3.05, 3.63) is 71.5 Å². The van der Waals surface area contributed by atoms with E-state index in [4.69, 9.17) is 9.47 Å². The number of aromatic nitrogens is 5. The molecule has 0 saturated carbocycles. The molecule has 9 rings (SSSR count). The Balaban J connectivity index is 1.09. The number of ketones is 1. The molecule has 1 fully saturated rings. The SMILES string of the molecule is CCCCn1cc(CCC(=O)CCC(=O)N(C)[C@@H]2C[C@H]3O[C@@](C)([C@@H]2OC)n2c4ccccc4c4c5c(c6c7ccccc7n3c6c42)C(=O)NC5)nn1. The van der Waals surface area contributed by atoms with E-state index in [-0.39, 0.29) is 36.5 Å². The summed E-state index contributed by atoms with van der Waals surface area (Å²) in [5, 5.41) is 15.5. The average Bonchev–Trinajstić information content (AvgIpc) is 3.92. The van der Waals surface area contributed by atoms with E-state index in [9.17, 15) is 14.4 Å². The van der Waals surface area contributed by atoms with E-state index in [1.54, 1.807) is 12.0 Å². The second-order valence-corrected chi connectivity index (χ2v) is 14.7. The van der Waals surface area contributed by atoms with Gasteiger partial charge in [0.1, 0.15) is 18.1 Å². The van der Waals surface area contributed by atoms with E-state index in [0.717, 1.165) is 79.8 Å². The maximum atomic E-state index is 14.0. The number of carbonyl (C=O) groups excluding carboxylic acids is 3. The van der Waals surface area contributed by atoms with E-state index in [0.29, 0.717) is 25.8 Å². The largest absolute Gasteiger partial charge is 0.374 e. The lowest BCUT2D eigenvalue weighted by atomic mass is 9.91. The first-order valence-corrected chi connectivity index (χ1v) is 18.4. The molecule has 0 spiro atoms. The monoisotopic (exact) mass is 701 g/mol. The number of amides is 2. The number of Topliss-reactive ketones (excluding diaryl/α,β-unsaturated/α-hetero) is 1. The van der Waals surface area contributed by atoms with Gasteiger partial charge in [-0.25, -0.2) is 0 Å². The number of likely N-dealkylation sites (N-methyl/N-ethyl adjacent to an activating group) is 1. The fourth-order valence-corrected chi connectivity index (χ4v) is 9.27. The Bertz CT molecular complexity index is 2440. The van der Waals surface area contributed by atoms with Gasteiger partial charge in [-0.3, -0.25) is 19.1 Å². The molecule has 3 aromatic heterocycles. The molecule has 0 radical (unpaired) electrons. The van der Waals surface area contributed by atoms with Crippen molar-refractivity contribution < 1.29 is 23.9 Å². The van der Waals surface area contributed by atoms with Crippen LogP contribution in [0.1, 0.15) is 80.2 Å². The molecule has 3 aliphatic rings. The van der Waals surface area contributed by atoms with Crippen LogP contribution in [0, 0.1) is 0 Å². The van der Waals surface area contributed by atoms with E-state index in [1.807, 2.05) is 42.2 Å². The topological polar surface area (TPSA) is 126 Å². The second kappa shape index (κ2) is 12.3. The maximum absolute atomic E-state index is 14.0. The smallest absolute Gasteiger partial charge is 0.252 e. The van der Waals surface area contributed by atoms with Crippen molar-refractivity contribution in [1.29, 1.82) is 0 Å². The molecule has 2 bridgehead atoms. The Morgan fingerprint density at radius 2 is 1.79 bits per heavy atom. The van der Waals surface area contributed by atoms with Crippen LogP contribution in [-0.4, -0.2) is 72.9 Å².